The summed E-state index contributed by atoms with van der Waals surface area (Å²) in [4.78, 5) is 26.9. The molecule has 1 N–H and O–H groups in total. The molecule has 1 aliphatic heterocycles. The number of hydrogen-bond acceptors (Lipinski definition) is 3. The Morgan fingerprint density at radius 1 is 1.03 bits per heavy atom. The molecular formula is C26H25ClN2O3. The second kappa shape index (κ2) is 9.05. The number of halogens is 1. The number of benzene rings is 3. The second-order valence-corrected chi connectivity index (χ2v) is 8.56. The molecule has 1 saturated heterocycles. The highest BCUT2D eigenvalue weighted by molar-refractivity contribution is 6.31. The van der Waals surface area contributed by atoms with Crippen molar-refractivity contribution in [2.24, 2.45) is 5.92 Å². The van der Waals surface area contributed by atoms with Crippen molar-refractivity contribution in [2.45, 2.75) is 27.2 Å². The van der Waals surface area contributed by atoms with E-state index in [9.17, 15) is 9.59 Å². The zero-order valence-corrected chi connectivity index (χ0v) is 19.1. The maximum Gasteiger partial charge on any atom is 0.229 e. The third-order valence-electron chi connectivity index (χ3n) is 5.87. The molecule has 0 radical (unpaired) electrons. The van der Waals surface area contributed by atoms with E-state index in [0.717, 1.165) is 16.9 Å². The number of nitrogens with zero attached hydrogens (tertiary/aromatic N) is 1. The Balaban J connectivity index is 1.39. The molecule has 1 heterocycles. The lowest BCUT2D eigenvalue weighted by atomic mass is 10.1. The second-order valence-electron chi connectivity index (χ2n) is 8.15. The van der Waals surface area contributed by atoms with E-state index >= 15 is 0 Å². The minimum Gasteiger partial charge on any atom is -0.457 e. The molecule has 4 rings (SSSR count). The Labute approximate surface area is 193 Å². The summed E-state index contributed by atoms with van der Waals surface area (Å²) >= 11 is 6.20. The fourth-order valence-electron chi connectivity index (χ4n) is 3.69. The first-order chi connectivity index (χ1) is 15.3. The number of aryl methyl sites for hydroxylation is 2. The zero-order valence-electron chi connectivity index (χ0n) is 18.3. The predicted octanol–water partition coefficient (Wildman–Crippen LogP) is 6.05. The summed E-state index contributed by atoms with van der Waals surface area (Å²) in [6.07, 6.45) is 0.172. The lowest BCUT2D eigenvalue weighted by Crippen LogP contribution is -2.28. The number of amides is 2. The van der Waals surface area contributed by atoms with Crippen LogP contribution in [0.2, 0.25) is 5.02 Å². The molecule has 6 heteroatoms. The quantitative estimate of drug-likeness (QED) is 0.517. The first-order valence-corrected chi connectivity index (χ1v) is 10.9. The third kappa shape index (κ3) is 4.63. The molecule has 0 unspecified atom stereocenters. The van der Waals surface area contributed by atoms with E-state index in [4.69, 9.17) is 16.3 Å². The van der Waals surface area contributed by atoms with Crippen molar-refractivity contribution in [3.63, 3.8) is 0 Å². The Morgan fingerprint density at radius 3 is 2.50 bits per heavy atom. The third-order valence-corrected chi connectivity index (χ3v) is 6.27. The molecule has 0 spiro atoms. The summed E-state index contributed by atoms with van der Waals surface area (Å²) in [5, 5.41) is 3.51. The van der Waals surface area contributed by atoms with Crippen LogP contribution in [0.4, 0.5) is 11.4 Å². The number of carbonyl (C=O) groups excluding carboxylic acids is 2. The van der Waals surface area contributed by atoms with Crippen LogP contribution in [0.5, 0.6) is 11.5 Å². The Bertz CT molecular complexity index is 1170. The molecule has 2 amide bonds. The summed E-state index contributed by atoms with van der Waals surface area (Å²) in [7, 11) is 0. The van der Waals surface area contributed by atoms with Crippen LogP contribution in [0.15, 0.2) is 60.7 Å². The number of anilines is 2. The van der Waals surface area contributed by atoms with Gasteiger partial charge in [0.2, 0.25) is 11.8 Å². The number of ether oxygens (including phenoxy) is 1. The van der Waals surface area contributed by atoms with Gasteiger partial charge in [0.15, 0.2) is 0 Å². The summed E-state index contributed by atoms with van der Waals surface area (Å²) < 4.78 is 5.97. The van der Waals surface area contributed by atoms with Crippen molar-refractivity contribution in [2.75, 3.05) is 16.8 Å². The predicted molar refractivity (Wildman–Crippen MR) is 128 cm³/mol. The maximum atomic E-state index is 12.8. The van der Waals surface area contributed by atoms with Gasteiger partial charge in [0.1, 0.15) is 11.5 Å². The van der Waals surface area contributed by atoms with Gasteiger partial charge in [0.25, 0.3) is 0 Å². The van der Waals surface area contributed by atoms with Gasteiger partial charge in [0, 0.05) is 29.4 Å². The molecule has 32 heavy (non-hydrogen) atoms. The highest BCUT2D eigenvalue weighted by Crippen LogP contribution is 2.30. The SMILES string of the molecule is Cc1ccc(N2C[C@H](C(=O)Nc3ccc(Oc4cccc(C)c4C)cc3)CC2=O)cc1Cl. The van der Waals surface area contributed by atoms with Gasteiger partial charge >= 0.3 is 0 Å². The van der Waals surface area contributed by atoms with Gasteiger partial charge in [-0.25, -0.2) is 0 Å². The number of rotatable bonds is 5. The average molecular weight is 449 g/mol. The maximum absolute atomic E-state index is 12.8. The van der Waals surface area contributed by atoms with Gasteiger partial charge < -0.3 is 15.0 Å². The number of hydrogen-bond donors (Lipinski definition) is 1. The summed E-state index contributed by atoms with van der Waals surface area (Å²) in [6, 6.07) is 18.7. The number of carbonyl (C=O) groups is 2. The monoisotopic (exact) mass is 448 g/mol. The molecule has 0 saturated carbocycles. The fourth-order valence-corrected chi connectivity index (χ4v) is 3.87. The van der Waals surface area contributed by atoms with Crippen LogP contribution in [0.25, 0.3) is 0 Å². The van der Waals surface area contributed by atoms with Crippen LogP contribution in [0.3, 0.4) is 0 Å². The lowest BCUT2D eigenvalue weighted by Gasteiger charge is -2.17. The van der Waals surface area contributed by atoms with Crippen LogP contribution in [0, 0.1) is 26.7 Å². The molecule has 3 aromatic rings. The Hall–Kier alpha value is -3.31. The van der Waals surface area contributed by atoms with Gasteiger partial charge in [-0.2, -0.15) is 0 Å². The van der Waals surface area contributed by atoms with E-state index in [2.05, 4.69) is 5.32 Å². The van der Waals surface area contributed by atoms with Gasteiger partial charge in [-0.05, 0) is 79.9 Å². The Kier molecular flexibility index (Phi) is 6.19. The average Bonchev–Trinajstić information content (AvgIpc) is 3.16. The van der Waals surface area contributed by atoms with Crippen molar-refractivity contribution < 1.29 is 14.3 Å². The van der Waals surface area contributed by atoms with Crippen LogP contribution in [-0.2, 0) is 9.59 Å². The molecule has 3 aromatic carbocycles. The summed E-state index contributed by atoms with van der Waals surface area (Å²) in [6.45, 7) is 6.31. The summed E-state index contributed by atoms with van der Waals surface area (Å²) in [5.41, 5.74) is 4.58. The molecule has 5 nitrogen and oxygen atoms in total. The molecule has 0 aromatic heterocycles. The van der Waals surface area contributed by atoms with E-state index in [1.54, 1.807) is 23.1 Å². The van der Waals surface area contributed by atoms with Crippen LogP contribution in [-0.4, -0.2) is 18.4 Å². The summed E-state index contributed by atoms with van der Waals surface area (Å²) in [5.74, 6) is 0.816. The van der Waals surface area contributed by atoms with E-state index in [1.807, 2.05) is 63.2 Å². The molecule has 164 valence electrons. The standard InChI is InChI=1S/C26H25ClN2O3/c1-16-5-4-6-24(18(16)3)32-22-11-8-20(9-12-22)28-26(31)19-13-25(30)29(15-19)21-10-7-17(2)23(27)14-21/h4-12,14,19H,13,15H2,1-3H3,(H,28,31)/t19-/m1/s1. The zero-order chi connectivity index (χ0) is 22.8. The highest BCUT2D eigenvalue weighted by atomic mass is 35.5. The van der Waals surface area contributed by atoms with Crippen molar-refractivity contribution in [1.29, 1.82) is 0 Å². The van der Waals surface area contributed by atoms with Crippen molar-refractivity contribution in [3.8, 4) is 11.5 Å². The normalized spacial score (nSPS) is 15.7. The fraction of sp³-hybridized carbons (Fsp3) is 0.231. The molecule has 0 bridgehead atoms. The molecular weight excluding hydrogens is 424 g/mol. The van der Waals surface area contributed by atoms with E-state index < -0.39 is 5.92 Å². The van der Waals surface area contributed by atoms with Crippen LogP contribution >= 0.6 is 11.6 Å². The molecule has 1 fully saturated rings. The first kappa shape index (κ1) is 21.9. The van der Waals surface area contributed by atoms with Crippen LogP contribution in [0.1, 0.15) is 23.1 Å². The van der Waals surface area contributed by atoms with Gasteiger partial charge in [-0.15, -0.1) is 0 Å². The van der Waals surface area contributed by atoms with Gasteiger partial charge in [0.05, 0.1) is 5.92 Å². The van der Waals surface area contributed by atoms with Crippen LogP contribution < -0.4 is 15.0 Å². The van der Waals surface area contributed by atoms with E-state index in [-0.39, 0.29) is 18.2 Å². The Morgan fingerprint density at radius 2 is 1.78 bits per heavy atom. The molecule has 1 aliphatic rings. The first-order valence-electron chi connectivity index (χ1n) is 10.5. The molecule has 0 aliphatic carbocycles. The van der Waals surface area contributed by atoms with Crippen molar-refractivity contribution >= 4 is 34.8 Å². The van der Waals surface area contributed by atoms with E-state index in [1.165, 1.54) is 5.56 Å². The minimum absolute atomic E-state index is 0.0812. The highest BCUT2D eigenvalue weighted by Gasteiger charge is 2.35. The topological polar surface area (TPSA) is 58.6 Å². The van der Waals surface area contributed by atoms with Gasteiger partial charge in [-0.3, -0.25) is 9.59 Å². The smallest absolute Gasteiger partial charge is 0.229 e. The van der Waals surface area contributed by atoms with Crippen molar-refractivity contribution in [3.05, 3.63) is 82.4 Å². The van der Waals surface area contributed by atoms with E-state index in [0.29, 0.717) is 28.7 Å². The minimum atomic E-state index is -0.423. The molecule has 1 atom stereocenters. The van der Waals surface area contributed by atoms with Gasteiger partial charge in [-0.1, -0.05) is 29.8 Å². The van der Waals surface area contributed by atoms with Crippen molar-refractivity contribution in [1.82, 2.24) is 0 Å². The largest absolute Gasteiger partial charge is 0.457 e. The number of nitrogens with one attached hydrogen (secondary N) is 1. The lowest BCUT2D eigenvalue weighted by molar-refractivity contribution is -0.122.